The van der Waals surface area contributed by atoms with Crippen LogP contribution in [0.5, 0.6) is 11.5 Å². The van der Waals surface area contributed by atoms with Gasteiger partial charge in [-0.15, -0.1) is 0 Å². The molecule has 1 atom stereocenters. The first-order valence-corrected chi connectivity index (χ1v) is 8.75. The van der Waals surface area contributed by atoms with E-state index in [4.69, 9.17) is 25.8 Å². The number of carbonyl (C=O) groups excluding carboxylic acids is 3. The molecule has 0 unspecified atom stereocenters. The molecule has 0 spiro atoms. The number of carbonyl (C=O) groups is 3. The average Bonchev–Trinajstić information content (AvgIpc) is 2.66. The van der Waals surface area contributed by atoms with E-state index in [1.165, 1.54) is 27.0 Å². The standard InChI is InChI=1S/C20H20ClNO6/c1-12(23)14-4-7-16(8-5-14)27-11-19(24)28-13(2)20(25)22-17-10-15(21)6-9-18(17)26-3/h4-10,13H,11H2,1-3H3,(H,22,25)/t13-/m0/s1. The normalized spacial score (nSPS) is 11.3. The highest BCUT2D eigenvalue weighted by Gasteiger charge is 2.20. The van der Waals surface area contributed by atoms with E-state index < -0.39 is 18.0 Å². The zero-order valence-corrected chi connectivity index (χ0v) is 16.4. The zero-order chi connectivity index (χ0) is 20.7. The number of benzene rings is 2. The Balaban J connectivity index is 1.86. The summed E-state index contributed by atoms with van der Waals surface area (Å²) in [5.41, 5.74) is 0.904. The van der Waals surface area contributed by atoms with E-state index in [2.05, 4.69) is 5.32 Å². The van der Waals surface area contributed by atoms with E-state index in [-0.39, 0.29) is 12.4 Å². The van der Waals surface area contributed by atoms with Crippen LogP contribution in [-0.2, 0) is 14.3 Å². The molecule has 8 heteroatoms. The summed E-state index contributed by atoms with van der Waals surface area (Å²) in [7, 11) is 1.46. The van der Waals surface area contributed by atoms with Crippen LogP contribution in [-0.4, -0.2) is 37.5 Å². The van der Waals surface area contributed by atoms with Gasteiger partial charge in [0.1, 0.15) is 11.5 Å². The predicted molar refractivity (Wildman–Crippen MR) is 104 cm³/mol. The monoisotopic (exact) mass is 405 g/mol. The van der Waals surface area contributed by atoms with Gasteiger partial charge < -0.3 is 19.5 Å². The SMILES string of the molecule is COc1ccc(Cl)cc1NC(=O)[C@H](C)OC(=O)COc1ccc(C(C)=O)cc1. The van der Waals surface area contributed by atoms with Crippen LogP contribution in [0.2, 0.25) is 5.02 Å². The topological polar surface area (TPSA) is 90.9 Å². The van der Waals surface area contributed by atoms with Gasteiger partial charge in [0, 0.05) is 10.6 Å². The molecular formula is C20H20ClNO6. The van der Waals surface area contributed by atoms with Gasteiger partial charge in [0.25, 0.3) is 5.91 Å². The third-order valence-electron chi connectivity index (χ3n) is 3.71. The molecule has 28 heavy (non-hydrogen) atoms. The van der Waals surface area contributed by atoms with Crippen molar-refractivity contribution in [2.75, 3.05) is 19.0 Å². The minimum absolute atomic E-state index is 0.0675. The van der Waals surface area contributed by atoms with Crippen LogP contribution >= 0.6 is 11.6 Å². The minimum Gasteiger partial charge on any atom is -0.495 e. The molecule has 148 valence electrons. The first kappa shape index (κ1) is 21.2. The molecule has 2 aromatic carbocycles. The summed E-state index contributed by atoms with van der Waals surface area (Å²) in [5, 5.41) is 3.02. The lowest BCUT2D eigenvalue weighted by Crippen LogP contribution is -2.31. The number of hydrogen-bond donors (Lipinski definition) is 1. The van der Waals surface area contributed by atoms with Gasteiger partial charge in [0.05, 0.1) is 12.8 Å². The second kappa shape index (κ2) is 9.75. The van der Waals surface area contributed by atoms with Gasteiger partial charge in [-0.3, -0.25) is 9.59 Å². The predicted octanol–water partition coefficient (Wildman–Crippen LogP) is 3.50. The Morgan fingerprint density at radius 2 is 1.79 bits per heavy atom. The molecule has 2 aromatic rings. The number of Topliss-reactive ketones (excluding diaryl/α,β-unsaturated/α-hetero) is 1. The Bertz CT molecular complexity index is 865. The number of amides is 1. The fraction of sp³-hybridized carbons (Fsp3) is 0.250. The maximum atomic E-state index is 12.2. The van der Waals surface area contributed by atoms with Crippen LogP contribution in [0.25, 0.3) is 0 Å². The Morgan fingerprint density at radius 1 is 1.11 bits per heavy atom. The molecule has 0 aliphatic carbocycles. The molecule has 0 aromatic heterocycles. The molecule has 1 N–H and O–H groups in total. The van der Waals surface area contributed by atoms with Gasteiger partial charge in [0.15, 0.2) is 18.5 Å². The fourth-order valence-corrected chi connectivity index (χ4v) is 2.40. The number of rotatable bonds is 8. The zero-order valence-electron chi connectivity index (χ0n) is 15.7. The van der Waals surface area contributed by atoms with E-state index >= 15 is 0 Å². The van der Waals surface area contributed by atoms with E-state index in [9.17, 15) is 14.4 Å². The Kier molecular flexibility index (Phi) is 7.40. The maximum Gasteiger partial charge on any atom is 0.344 e. The van der Waals surface area contributed by atoms with Crippen molar-refractivity contribution in [1.29, 1.82) is 0 Å². The molecule has 0 aliphatic rings. The van der Waals surface area contributed by atoms with Crippen LogP contribution in [0.1, 0.15) is 24.2 Å². The van der Waals surface area contributed by atoms with Crippen LogP contribution < -0.4 is 14.8 Å². The Hall–Kier alpha value is -3.06. The average molecular weight is 406 g/mol. The van der Waals surface area contributed by atoms with E-state index in [0.717, 1.165) is 0 Å². The number of nitrogens with one attached hydrogen (secondary N) is 1. The number of ether oxygens (including phenoxy) is 3. The molecule has 0 fully saturated rings. The number of anilines is 1. The molecule has 0 heterocycles. The van der Waals surface area contributed by atoms with Crippen LogP contribution in [0.15, 0.2) is 42.5 Å². The Morgan fingerprint density at radius 3 is 2.39 bits per heavy atom. The van der Waals surface area contributed by atoms with E-state index in [1.54, 1.807) is 36.4 Å². The largest absolute Gasteiger partial charge is 0.495 e. The van der Waals surface area contributed by atoms with Gasteiger partial charge >= 0.3 is 5.97 Å². The molecule has 0 radical (unpaired) electrons. The third kappa shape index (κ3) is 5.99. The first-order chi connectivity index (χ1) is 13.3. The number of halogens is 1. The van der Waals surface area contributed by atoms with Gasteiger partial charge in [-0.1, -0.05) is 11.6 Å². The van der Waals surface area contributed by atoms with Crippen molar-refractivity contribution < 1.29 is 28.6 Å². The molecule has 1 amide bonds. The summed E-state index contributed by atoms with van der Waals surface area (Å²) >= 11 is 5.92. The summed E-state index contributed by atoms with van der Waals surface area (Å²) in [6, 6.07) is 11.1. The Labute approximate surface area is 167 Å². The second-order valence-electron chi connectivity index (χ2n) is 5.84. The van der Waals surface area contributed by atoms with Crippen LogP contribution in [0.4, 0.5) is 5.69 Å². The molecular weight excluding hydrogens is 386 g/mol. The van der Waals surface area contributed by atoms with Crippen molar-refractivity contribution in [3.63, 3.8) is 0 Å². The maximum absolute atomic E-state index is 12.2. The molecule has 7 nitrogen and oxygen atoms in total. The van der Waals surface area contributed by atoms with Gasteiger partial charge in [-0.05, 0) is 56.3 Å². The van der Waals surface area contributed by atoms with Crippen molar-refractivity contribution in [2.45, 2.75) is 20.0 Å². The molecule has 0 bridgehead atoms. The smallest absolute Gasteiger partial charge is 0.344 e. The van der Waals surface area contributed by atoms with Gasteiger partial charge in [0.2, 0.25) is 0 Å². The second-order valence-corrected chi connectivity index (χ2v) is 6.27. The van der Waals surface area contributed by atoms with E-state index in [1.807, 2.05) is 0 Å². The number of esters is 1. The third-order valence-corrected chi connectivity index (χ3v) is 3.95. The molecule has 0 saturated heterocycles. The van der Waals surface area contributed by atoms with Crippen LogP contribution in [0, 0.1) is 0 Å². The van der Waals surface area contributed by atoms with Crippen molar-refractivity contribution in [1.82, 2.24) is 0 Å². The summed E-state index contributed by atoms with van der Waals surface area (Å²) in [5.74, 6) is -0.491. The van der Waals surface area contributed by atoms with Gasteiger partial charge in [-0.25, -0.2) is 4.79 Å². The summed E-state index contributed by atoms with van der Waals surface area (Å²) in [6.07, 6.45) is -1.06. The summed E-state index contributed by atoms with van der Waals surface area (Å²) < 4.78 is 15.5. The summed E-state index contributed by atoms with van der Waals surface area (Å²) in [6.45, 7) is 2.52. The van der Waals surface area contributed by atoms with E-state index in [0.29, 0.717) is 27.8 Å². The van der Waals surface area contributed by atoms with Crippen molar-refractivity contribution >= 4 is 34.9 Å². The lowest BCUT2D eigenvalue weighted by Gasteiger charge is -2.15. The lowest BCUT2D eigenvalue weighted by atomic mass is 10.1. The first-order valence-electron chi connectivity index (χ1n) is 8.38. The van der Waals surface area contributed by atoms with Crippen LogP contribution in [0.3, 0.4) is 0 Å². The number of ketones is 1. The highest BCUT2D eigenvalue weighted by molar-refractivity contribution is 6.31. The van der Waals surface area contributed by atoms with Crippen molar-refractivity contribution in [2.24, 2.45) is 0 Å². The minimum atomic E-state index is -1.06. The highest BCUT2D eigenvalue weighted by atomic mass is 35.5. The fourth-order valence-electron chi connectivity index (χ4n) is 2.23. The molecule has 2 rings (SSSR count). The summed E-state index contributed by atoms with van der Waals surface area (Å²) in [4.78, 5) is 35.4. The quantitative estimate of drug-likeness (QED) is 0.534. The lowest BCUT2D eigenvalue weighted by molar-refractivity contribution is -0.155. The van der Waals surface area contributed by atoms with Crippen molar-refractivity contribution in [3.05, 3.63) is 53.1 Å². The van der Waals surface area contributed by atoms with Crippen molar-refractivity contribution in [3.8, 4) is 11.5 Å². The molecule has 0 saturated carbocycles. The highest BCUT2D eigenvalue weighted by Crippen LogP contribution is 2.27. The number of methoxy groups -OCH3 is 1. The number of hydrogen-bond acceptors (Lipinski definition) is 6. The van der Waals surface area contributed by atoms with Gasteiger partial charge in [-0.2, -0.15) is 0 Å². The molecule has 0 aliphatic heterocycles.